The molecule has 5 aromatic rings. The number of amides is 8. The molecule has 404 valence electrons. The van der Waals surface area contributed by atoms with Crippen LogP contribution in [0.1, 0.15) is 48.4 Å². The molecule has 1 saturated heterocycles. The molecule has 23 heteroatoms. The first-order valence-electron chi connectivity index (χ1n) is 24.9. The maximum atomic E-state index is 14.8. The number of hydrogen-bond acceptors (Lipinski definition) is 14. The molecule has 0 bridgehead atoms. The van der Waals surface area contributed by atoms with Crippen LogP contribution in [-0.4, -0.2) is 135 Å². The molecule has 1 aliphatic rings. The number of nitrogens with zero attached hydrogens (tertiary/aromatic N) is 1. The van der Waals surface area contributed by atoms with Crippen molar-refractivity contribution in [2.24, 2.45) is 17.2 Å². The standard InChI is InChI=1S/C53H66N12O9S2/c1-31(66)45-53(74)63-41(25-34-17-9-4-10-18-34)51(72)64-44(46(56)67)30-76-75-29-37(55)47(68)60-39(23-32-13-5-2-6-14-32)49(70)61-40(24-33-15-7-3-8-16-33)50(71)62-42(26-35-27-58-43-28-57-22-20-36(35)43)52(73)59-38(48(69)65-45)19-11-12-21-54/h2-10,13-18,20,22,27-28,31,37-42,44-45,58,66H,11-12,19,21,23-26,29-30,54-55H2,1H3,(H2,56,67)(H,59,73)(H,60,68)(H,61,70)(H,62,71)(H,63,74)(H,64,72)(H,65,69)/t31-,37-,38+,39+,40+,41+,42-,44-,45+/m1/s1. The number of carbonyl (C=O) groups is 8. The lowest BCUT2D eigenvalue weighted by Gasteiger charge is -2.29. The SMILES string of the molecule is C[C@@H](O)[C@@H]1NC(=O)[C@H](CCCCN)NC(=O)[C@@H](Cc2c[nH]c3cnccc23)NC(=O)[C@H](Cc2ccccc2)NC(=O)[C@H](Cc2ccccc2)NC(=O)[C@H](N)CSSC[C@H](C(N)=O)NC(=O)[C@H](Cc2ccccc2)NC1=O. The molecular formula is C53H66N12O9S2. The quantitative estimate of drug-likeness (QED) is 0.0513. The number of aliphatic hydroxyl groups excluding tert-OH is 1. The second kappa shape index (κ2) is 29.1. The molecule has 1 fully saturated rings. The molecule has 0 saturated carbocycles. The van der Waals surface area contributed by atoms with Crippen molar-refractivity contribution in [1.29, 1.82) is 0 Å². The van der Waals surface area contributed by atoms with Crippen molar-refractivity contribution in [3.63, 3.8) is 0 Å². The number of unbranched alkanes of at least 4 members (excludes halogenated alkanes) is 1. The van der Waals surface area contributed by atoms with Gasteiger partial charge in [0.1, 0.15) is 42.3 Å². The summed E-state index contributed by atoms with van der Waals surface area (Å²) in [5, 5.41) is 30.7. The number of nitrogens with two attached hydrogens (primary N) is 3. The molecule has 9 atom stereocenters. The average Bonchev–Trinajstić information content (AvgIpc) is 3.82. The van der Waals surface area contributed by atoms with Crippen LogP contribution in [0.2, 0.25) is 0 Å². The van der Waals surface area contributed by atoms with E-state index in [0.717, 1.165) is 21.6 Å². The Bertz CT molecular complexity index is 2760. The van der Waals surface area contributed by atoms with Gasteiger partial charge in [0.05, 0.1) is 23.9 Å². The van der Waals surface area contributed by atoms with Gasteiger partial charge in [-0.1, -0.05) is 113 Å². The van der Waals surface area contributed by atoms with Crippen molar-refractivity contribution in [2.45, 2.75) is 106 Å². The highest BCUT2D eigenvalue weighted by molar-refractivity contribution is 8.76. The van der Waals surface area contributed by atoms with E-state index in [1.54, 1.807) is 116 Å². The molecule has 1 aliphatic heterocycles. The number of benzene rings is 3. The van der Waals surface area contributed by atoms with Gasteiger partial charge in [-0.3, -0.25) is 43.3 Å². The van der Waals surface area contributed by atoms with E-state index < -0.39 is 102 Å². The van der Waals surface area contributed by atoms with Gasteiger partial charge in [-0.15, -0.1) is 0 Å². The zero-order valence-electron chi connectivity index (χ0n) is 41.9. The van der Waals surface area contributed by atoms with Crippen LogP contribution >= 0.6 is 21.6 Å². The number of carbonyl (C=O) groups excluding carboxylic acids is 8. The zero-order chi connectivity index (χ0) is 54.6. The Morgan fingerprint density at radius 1 is 0.605 bits per heavy atom. The van der Waals surface area contributed by atoms with E-state index in [9.17, 15) is 43.5 Å². The van der Waals surface area contributed by atoms with Crippen molar-refractivity contribution < 1.29 is 43.5 Å². The molecule has 2 aromatic heterocycles. The monoisotopic (exact) mass is 1080 g/mol. The lowest BCUT2D eigenvalue weighted by atomic mass is 10.00. The zero-order valence-corrected chi connectivity index (χ0v) is 43.6. The Morgan fingerprint density at radius 2 is 1.07 bits per heavy atom. The van der Waals surface area contributed by atoms with Crippen LogP contribution in [0.15, 0.2) is 116 Å². The minimum atomic E-state index is -1.67. The van der Waals surface area contributed by atoms with Crippen molar-refractivity contribution in [2.75, 3.05) is 18.1 Å². The first-order chi connectivity index (χ1) is 36.6. The van der Waals surface area contributed by atoms with Crippen molar-refractivity contribution in [3.8, 4) is 0 Å². The number of pyridine rings is 1. The summed E-state index contributed by atoms with van der Waals surface area (Å²) in [4.78, 5) is 121. The van der Waals surface area contributed by atoms with Crippen molar-refractivity contribution >= 4 is 79.7 Å². The van der Waals surface area contributed by atoms with Crippen LogP contribution in [-0.2, 0) is 64.0 Å². The predicted octanol–water partition coefficient (Wildman–Crippen LogP) is -0.0555. The Morgan fingerprint density at radius 3 is 1.58 bits per heavy atom. The molecule has 0 radical (unpaired) electrons. The number of rotatable bonds is 14. The highest BCUT2D eigenvalue weighted by Gasteiger charge is 2.36. The summed E-state index contributed by atoms with van der Waals surface area (Å²) in [5.41, 5.74) is 21.2. The minimum absolute atomic E-state index is 0.00237. The summed E-state index contributed by atoms with van der Waals surface area (Å²) in [6.45, 7) is 1.52. The van der Waals surface area contributed by atoms with Gasteiger partial charge in [-0.25, -0.2) is 0 Å². The summed E-state index contributed by atoms with van der Waals surface area (Å²) < 4.78 is 0. The fraction of sp³-hybridized carbons (Fsp3) is 0.377. The fourth-order valence-corrected chi connectivity index (χ4v) is 10.7. The predicted molar refractivity (Wildman–Crippen MR) is 290 cm³/mol. The van der Waals surface area contributed by atoms with Gasteiger partial charge in [-0.2, -0.15) is 0 Å². The Hall–Kier alpha value is -7.31. The number of hydrogen-bond donors (Lipinski definition) is 12. The summed E-state index contributed by atoms with van der Waals surface area (Å²) >= 11 is 0. The highest BCUT2D eigenvalue weighted by atomic mass is 33.1. The first kappa shape index (κ1) is 58.0. The smallest absolute Gasteiger partial charge is 0.245 e. The number of fused-ring (bicyclic) bond motifs is 1. The number of H-pyrrole nitrogens is 1. The lowest BCUT2D eigenvalue weighted by Crippen LogP contribution is -2.62. The molecule has 3 heterocycles. The van der Waals surface area contributed by atoms with Crippen LogP contribution in [0.25, 0.3) is 10.9 Å². The second-order valence-electron chi connectivity index (χ2n) is 18.5. The first-order valence-corrected chi connectivity index (χ1v) is 27.4. The molecule has 0 aliphatic carbocycles. The van der Waals surface area contributed by atoms with Crippen molar-refractivity contribution in [3.05, 3.63) is 138 Å². The van der Waals surface area contributed by atoms with Gasteiger partial charge in [0.15, 0.2) is 0 Å². The summed E-state index contributed by atoms with van der Waals surface area (Å²) in [7, 11) is 2.20. The summed E-state index contributed by atoms with van der Waals surface area (Å²) in [6.07, 6.45) is 3.85. The van der Waals surface area contributed by atoms with Crippen LogP contribution in [0, 0.1) is 0 Å². The van der Waals surface area contributed by atoms with E-state index in [1.807, 2.05) is 0 Å². The average molecular weight is 1080 g/mol. The molecule has 0 unspecified atom stereocenters. The number of primary amides is 1. The van der Waals surface area contributed by atoms with Gasteiger partial charge >= 0.3 is 0 Å². The molecule has 3 aromatic carbocycles. The topological polar surface area (TPSA) is 348 Å². The Kier molecular flexibility index (Phi) is 22.2. The number of nitrogens with one attached hydrogen (secondary N) is 8. The van der Waals surface area contributed by atoms with E-state index in [2.05, 4.69) is 47.2 Å². The van der Waals surface area contributed by atoms with Crippen LogP contribution in [0.4, 0.5) is 0 Å². The van der Waals surface area contributed by atoms with Crippen LogP contribution in [0.5, 0.6) is 0 Å². The Labute approximate surface area is 448 Å². The number of aliphatic hydroxyl groups is 1. The molecule has 8 amide bonds. The van der Waals surface area contributed by atoms with Gasteiger partial charge in [0, 0.05) is 55.0 Å². The van der Waals surface area contributed by atoms with E-state index in [1.165, 1.54) is 6.92 Å². The second-order valence-corrected chi connectivity index (χ2v) is 21.0. The maximum absolute atomic E-state index is 14.8. The Balaban J connectivity index is 1.39. The van der Waals surface area contributed by atoms with E-state index in [0.29, 0.717) is 46.0 Å². The minimum Gasteiger partial charge on any atom is -0.391 e. The number of aromatic nitrogens is 2. The fourth-order valence-electron chi connectivity index (χ4n) is 8.37. The maximum Gasteiger partial charge on any atom is 0.245 e. The third-order valence-electron chi connectivity index (χ3n) is 12.6. The van der Waals surface area contributed by atoms with Gasteiger partial charge in [0.25, 0.3) is 0 Å². The van der Waals surface area contributed by atoms with Crippen LogP contribution in [0.3, 0.4) is 0 Å². The normalized spacial score (nSPS) is 23.7. The molecule has 0 spiro atoms. The highest BCUT2D eigenvalue weighted by Crippen LogP contribution is 2.23. The molecular weight excluding hydrogens is 1010 g/mol. The van der Waals surface area contributed by atoms with E-state index in [-0.39, 0.29) is 50.2 Å². The van der Waals surface area contributed by atoms with Gasteiger partial charge in [-0.05, 0) is 61.1 Å². The third kappa shape index (κ3) is 17.4. The largest absolute Gasteiger partial charge is 0.391 e. The van der Waals surface area contributed by atoms with Crippen LogP contribution < -0.4 is 54.4 Å². The van der Waals surface area contributed by atoms with Gasteiger partial charge < -0.3 is 64.5 Å². The number of aromatic amines is 1. The van der Waals surface area contributed by atoms with Gasteiger partial charge in [0.2, 0.25) is 47.3 Å². The molecule has 76 heavy (non-hydrogen) atoms. The van der Waals surface area contributed by atoms with E-state index >= 15 is 0 Å². The summed E-state index contributed by atoms with van der Waals surface area (Å²) in [5.74, 6) is -6.63. The molecule has 21 nitrogen and oxygen atoms in total. The van der Waals surface area contributed by atoms with E-state index in [4.69, 9.17) is 17.2 Å². The van der Waals surface area contributed by atoms with Crippen molar-refractivity contribution in [1.82, 2.24) is 47.2 Å². The lowest BCUT2D eigenvalue weighted by molar-refractivity contribution is -0.137. The molecule has 15 N–H and O–H groups in total. The molecule has 6 rings (SSSR count). The summed E-state index contributed by atoms with van der Waals surface area (Å²) in [6, 6.07) is 17.4. The third-order valence-corrected chi connectivity index (χ3v) is 15.0.